The molecule has 7 nitrogen and oxygen atoms in total. The highest BCUT2D eigenvalue weighted by atomic mass is 16.1. The minimum absolute atomic E-state index is 0.405. The van der Waals surface area contributed by atoms with Crippen LogP contribution in [-0.2, 0) is 0 Å². The van der Waals surface area contributed by atoms with Gasteiger partial charge in [-0.05, 0) is 31.0 Å². The molecule has 1 aromatic carbocycles. The Labute approximate surface area is 151 Å². The number of carbonyl (C=O) groups is 1. The number of hydrogen-bond donors (Lipinski definition) is 4. The molecule has 0 spiro atoms. The first-order valence-corrected chi connectivity index (χ1v) is 8.98. The predicted octanol–water partition coefficient (Wildman–Crippen LogP) is 3.55. The third kappa shape index (κ3) is 3.33. The SMILES string of the molecule is NC(=O)c1ccccc1Nc1nc(NC2CCCCC2)nc2[nH]ccc12. The number of benzene rings is 1. The third-order valence-electron chi connectivity index (χ3n) is 4.80. The van der Waals surface area contributed by atoms with Gasteiger partial charge in [-0.25, -0.2) is 0 Å². The molecular weight excluding hydrogens is 328 g/mol. The quantitative estimate of drug-likeness (QED) is 0.563. The van der Waals surface area contributed by atoms with E-state index in [1.807, 2.05) is 24.4 Å². The molecule has 1 aliphatic rings. The maximum atomic E-state index is 11.7. The molecule has 1 saturated carbocycles. The Morgan fingerprint density at radius 3 is 2.73 bits per heavy atom. The van der Waals surface area contributed by atoms with Gasteiger partial charge in [-0.15, -0.1) is 0 Å². The Hall–Kier alpha value is -3.09. The van der Waals surface area contributed by atoms with Gasteiger partial charge in [-0.2, -0.15) is 9.97 Å². The van der Waals surface area contributed by atoms with Crippen LogP contribution >= 0.6 is 0 Å². The molecule has 4 rings (SSSR count). The highest BCUT2D eigenvalue weighted by Crippen LogP contribution is 2.27. The normalized spacial score (nSPS) is 15.1. The van der Waals surface area contributed by atoms with Gasteiger partial charge >= 0.3 is 0 Å². The summed E-state index contributed by atoms with van der Waals surface area (Å²) in [6, 6.07) is 9.46. The molecule has 0 atom stereocenters. The number of amides is 1. The zero-order valence-electron chi connectivity index (χ0n) is 14.5. The number of nitrogens with two attached hydrogens (primary N) is 1. The van der Waals surface area contributed by atoms with Gasteiger partial charge in [-0.3, -0.25) is 4.79 Å². The zero-order chi connectivity index (χ0) is 17.9. The van der Waals surface area contributed by atoms with E-state index in [9.17, 15) is 4.79 Å². The maximum absolute atomic E-state index is 11.7. The number of nitrogens with one attached hydrogen (secondary N) is 3. The summed E-state index contributed by atoms with van der Waals surface area (Å²) < 4.78 is 0. The molecule has 5 N–H and O–H groups in total. The molecule has 1 aliphatic carbocycles. The molecule has 3 aromatic rings. The number of H-pyrrole nitrogens is 1. The van der Waals surface area contributed by atoms with Gasteiger partial charge in [0.2, 0.25) is 5.95 Å². The summed E-state index contributed by atoms with van der Waals surface area (Å²) >= 11 is 0. The minimum atomic E-state index is -0.479. The summed E-state index contributed by atoms with van der Waals surface area (Å²) in [5.74, 6) is 0.752. The maximum Gasteiger partial charge on any atom is 0.250 e. The van der Waals surface area contributed by atoms with Crippen molar-refractivity contribution in [1.29, 1.82) is 0 Å². The number of para-hydroxylation sites is 1. The molecular formula is C19H22N6O. The van der Waals surface area contributed by atoms with Crippen LogP contribution in [0.2, 0.25) is 0 Å². The van der Waals surface area contributed by atoms with Crippen molar-refractivity contribution in [3.63, 3.8) is 0 Å². The van der Waals surface area contributed by atoms with E-state index in [0.717, 1.165) is 23.9 Å². The average molecular weight is 350 g/mol. The Balaban J connectivity index is 1.68. The fourth-order valence-electron chi connectivity index (χ4n) is 3.47. The van der Waals surface area contributed by atoms with E-state index in [0.29, 0.717) is 29.1 Å². The number of anilines is 3. The number of nitrogens with zero attached hydrogens (tertiary/aromatic N) is 2. The molecule has 0 unspecified atom stereocenters. The van der Waals surface area contributed by atoms with Crippen LogP contribution in [0.3, 0.4) is 0 Å². The third-order valence-corrected chi connectivity index (χ3v) is 4.80. The van der Waals surface area contributed by atoms with Crippen LogP contribution in [0.5, 0.6) is 0 Å². The van der Waals surface area contributed by atoms with E-state index in [4.69, 9.17) is 5.73 Å². The lowest BCUT2D eigenvalue weighted by molar-refractivity contribution is 0.100. The molecule has 0 radical (unpaired) electrons. The fourth-order valence-corrected chi connectivity index (χ4v) is 3.47. The minimum Gasteiger partial charge on any atom is -0.366 e. The van der Waals surface area contributed by atoms with Crippen molar-refractivity contribution in [3.05, 3.63) is 42.1 Å². The molecule has 7 heteroatoms. The summed E-state index contributed by atoms with van der Waals surface area (Å²) in [5, 5.41) is 7.56. The van der Waals surface area contributed by atoms with Crippen LogP contribution in [0.1, 0.15) is 42.5 Å². The van der Waals surface area contributed by atoms with Crippen molar-refractivity contribution in [2.75, 3.05) is 10.6 Å². The van der Waals surface area contributed by atoms with Crippen molar-refractivity contribution in [2.24, 2.45) is 5.73 Å². The lowest BCUT2D eigenvalue weighted by Crippen LogP contribution is -2.23. The number of fused-ring (bicyclic) bond motifs is 1. The lowest BCUT2D eigenvalue weighted by Gasteiger charge is -2.23. The summed E-state index contributed by atoms with van der Waals surface area (Å²) in [4.78, 5) is 24.1. The Kier molecular flexibility index (Phi) is 4.43. The molecule has 0 bridgehead atoms. The van der Waals surface area contributed by atoms with Crippen LogP contribution in [0.25, 0.3) is 11.0 Å². The number of hydrogen-bond acceptors (Lipinski definition) is 5. The Morgan fingerprint density at radius 1 is 1.12 bits per heavy atom. The molecule has 26 heavy (non-hydrogen) atoms. The number of aromatic nitrogens is 3. The Morgan fingerprint density at radius 2 is 1.92 bits per heavy atom. The number of rotatable bonds is 5. The number of carbonyl (C=O) groups excluding carboxylic acids is 1. The zero-order valence-corrected chi connectivity index (χ0v) is 14.5. The van der Waals surface area contributed by atoms with Gasteiger partial charge < -0.3 is 21.4 Å². The molecule has 134 valence electrons. The first-order valence-electron chi connectivity index (χ1n) is 8.98. The van der Waals surface area contributed by atoms with Gasteiger partial charge in [0.1, 0.15) is 11.5 Å². The van der Waals surface area contributed by atoms with Gasteiger partial charge in [0.05, 0.1) is 16.6 Å². The standard InChI is InChI=1S/C19H22N6O/c20-16(26)13-8-4-5-9-15(13)23-18-14-10-11-21-17(14)24-19(25-18)22-12-6-2-1-3-7-12/h4-5,8-12H,1-3,6-7H2,(H2,20,26)(H3,21,22,23,24,25). The first kappa shape index (κ1) is 16.4. The highest BCUT2D eigenvalue weighted by molar-refractivity contribution is 6.00. The van der Waals surface area contributed by atoms with Gasteiger partial charge in [0.25, 0.3) is 5.91 Å². The van der Waals surface area contributed by atoms with Crippen LogP contribution in [0.4, 0.5) is 17.5 Å². The van der Waals surface area contributed by atoms with E-state index in [-0.39, 0.29) is 0 Å². The van der Waals surface area contributed by atoms with Crippen molar-refractivity contribution in [3.8, 4) is 0 Å². The molecule has 0 saturated heterocycles. The van der Waals surface area contributed by atoms with Crippen LogP contribution in [0.15, 0.2) is 36.5 Å². The number of aromatic amines is 1. The van der Waals surface area contributed by atoms with E-state index < -0.39 is 5.91 Å². The van der Waals surface area contributed by atoms with Gasteiger partial charge in [-0.1, -0.05) is 31.4 Å². The van der Waals surface area contributed by atoms with E-state index in [1.54, 1.807) is 12.1 Å². The molecule has 1 fully saturated rings. The fraction of sp³-hybridized carbons (Fsp3) is 0.316. The number of primary amides is 1. The lowest BCUT2D eigenvalue weighted by atomic mass is 9.96. The summed E-state index contributed by atoms with van der Waals surface area (Å²) in [6.45, 7) is 0. The second-order valence-corrected chi connectivity index (χ2v) is 6.65. The summed E-state index contributed by atoms with van der Waals surface area (Å²) in [6.07, 6.45) is 7.87. The molecule has 0 aliphatic heterocycles. The second-order valence-electron chi connectivity index (χ2n) is 6.65. The van der Waals surface area contributed by atoms with Crippen LogP contribution in [0, 0.1) is 0 Å². The highest BCUT2D eigenvalue weighted by Gasteiger charge is 2.17. The molecule has 2 heterocycles. The summed E-state index contributed by atoms with van der Waals surface area (Å²) in [7, 11) is 0. The monoisotopic (exact) mass is 350 g/mol. The van der Waals surface area contributed by atoms with Crippen molar-refractivity contribution < 1.29 is 4.79 Å². The topological polar surface area (TPSA) is 109 Å². The van der Waals surface area contributed by atoms with E-state index in [1.165, 1.54) is 19.3 Å². The first-order chi connectivity index (χ1) is 12.7. The van der Waals surface area contributed by atoms with Gasteiger partial charge in [0.15, 0.2) is 0 Å². The predicted molar refractivity (Wildman–Crippen MR) is 103 cm³/mol. The Bertz CT molecular complexity index is 929. The van der Waals surface area contributed by atoms with Crippen LogP contribution in [-0.4, -0.2) is 26.9 Å². The van der Waals surface area contributed by atoms with Gasteiger partial charge in [0, 0.05) is 12.2 Å². The summed E-state index contributed by atoms with van der Waals surface area (Å²) in [5.41, 5.74) is 7.29. The average Bonchev–Trinajstić information content (AvgIpc) is 3.12. The van der Waals surface area contributed by atoms with Crippen molar-refractivity contribution in [1.82, 2.24) is 15.0 Å². The van der Waals surface area contributed by atoms with E-state index in [2.05, 4.69) is 25.6 Å². The second kappa shape index (κ2) is 7.03. The smallest absolute Gasteiger partial charge is 0.250 e. The largest absolute Gasteiger partial charge is 0.366 e. The molecule has 2 aromatic heterocycles. The van der Waals surface area contributed by atoms with E-state index >= 15 is 0 Å². The van der Waals surface area contributed by atoms with Crippen molar-refractivity contribution >= 4 is 34.4 Å². The van der Waals surface area contributed by atoms with Crippen molar-refractivity contribution in [2.45, 2.75) is 38.1 Å². The van der Waals surface area contributed by atoms with Crippen LogP contribution < -0.4 is 16.4 Å². The molecule has 1 amide bonds.